The minimum Gasteiger partial charge on any atom is -0.497 e. The number of nitrogens with zero attached hydrogens (tertiary/aromatic N) is 1. The number of methoxy groups -OCH3 is 1. The number of fused-ring (bicyclic) bond motifs is 1. The van der Waals surface area contributed by atoms with Crippen molar-refractivity contribution in [2.45, 2.75) is 24.9 Å². The first-order valence-electron chi connectivity index (χ1n) is 9.61. The van der Waals surface area contributed by atoms with Crippen molar-refractivity contribution in [2.24, 2.45) is 0 Å². The Morgan fingerprint density at radius 1 is 1.17 bits per heavy atom. The fourth-order valence-corrected chi connectivity index (χ4v) is 3.86. The predicted molar refractivity (Wildman–Crippen MR) is 107 cm³/mol. The summed E-state index contributed by atoms with van der Waals surface area (Å²) in [5, 5.41) is 0. The smallest absolute Gasteiger partial charge is 0.246 e. The Balaban J connectivity index is 1.40. The van der Waals surface area contributed by atoms with Crippen LogP contribution < -0.4 is 9.47 Å². The summed E-state index contributed by atoms with van der Waals surface area (Å²) >= 11 is 0. The SMILES string of the molecule is COc1ccc2c(c1)C(=O)CC1(CCN(C(=O)/C=C/c3ccc(F)cc3)CC1)O2. The van der Waals surface area contributed by atoms with Crippen LogP contribution in [-0.4, -0.2) is 42.4 Å². The molecule has 0 atom stereocenters. The number of carbonyl (C=O) groups is 2. The van der Waals surface area contributed by atoms with Crippen molar-refractivity contribution in [1.82, 2.24) is 4.90 Å². The molecule has 2 aromatic rings. The van der Waals surface area contributed by atoms with Crippen LogP contribution in [0.1, 0.15) is 35.2 Å². The molecule has 0 N–H and O–H groups in total. The molecule has 2 aliphatic heterocycles. The number of benzene rings is 2. The van der Waals surface area contributed by atoms with Gasteiger partial charge in [0.1, 0.15) is 22.9 Å². The number of Topliss-reactive ketones (excluding diaryl/α,β-unsaturated/α-hetero) is 1. The van der Waals surface area contributed by atoms with Crippen LogP contribution >= 0.6 is 0 Å². The number of likely N-dealkylation sites (tertiary alicyclic amines) is 1. The third kappa shape index (κ3) is 4.01. The second kappa shape index (κ2) is 7.70. The first-order valence-corrected chi connectivity index (χ1v) is 9.61. The standard InChI is InChI=1S/C23H22FNO4/c1-28-18-7-8-21-19(14-18)20(26)15-23(29-21)10-12-25(13-11-23)22(27)9-4-16-2-5-17(24)6-3-16/h2-9,14H,10-13,15H2,1H3/b9-4+. The second-order valence-electron chi connectivity index (χ2n) is 7.46. The summed E-state index contributed by atoms with van der Waals surface area (Å²) in [7, 11) is 1.56. The summed E-state index contributed by atoms with van der Waals surface area (Å²) in [6.45, 7) is 1.04. The van der Waals surface area contributed by atoms with Crippen molar-refractivity contribution >= 4 is 17.8 Å². The van der Waals surface area contributed by atoms with E-state index >= 15 is 0 Å². The quantitative estimate of drug-likeness (QED) is 0.741. The molecule has 4 rings (SSSR count). The summed E-state index contributed by atoms with van der Waals surface area (Å²) < 4.78 is 24.4. The van der Waals surface area contributed by atoms with Gasteiger partial charge < -0.3 is 14.4 Å². The van der Waals surface area contributed by atoms with Gasteiger partial charge in [0.25, 0.3) is 0 Å². The highest BCUT2D eigenvalue weighted by Crippen LogP contribution is 2.40. The van der Waals surface area contributed by atoms with Crippen molar-refractivity contribution < 1.29 is 23.5 Å². The Kier molecular flexibility index (Phi) is 5.09. The predicted octanol–water partition coefficient (Wildman–Crippen LogP) is 3.87. The molecular formula is C23H22FNO4. The third-order valence-electron chi connectivity index (χ3n) is 5.57. The number of hydrogen-bond donors (Lipinski definition) is 0. The Morgan fingerprint density at radius 2 is 1.90 bits per heavy atom. The van der Waals surface area contributed by atoms with Gasteiger partial charge in [-0.3, -0.25) is 9.59 Å². The van der Waals surface area contributed by atoms with Crippen LogP contribution in [0.25, 0.3) is 6.08 Å². The van der Waals surface area contributed by atoms with E-state index in [9.17, 15) is 14.0 Å². The van der Waals surface area contributed by atoms with Crippen molar-refractivity contribution in [2.75, 3.05) is 20.2 Å². The first kappa shape index (κ1) is 19.2. The fourth-order valence-electron chi connectivity index (χ4n) is 3.86. The van der Waals surface area contributed by atoms with Crippen molar-refractivity contribution in [3.63, 3.8) is 0 Å². The van der Waals surface area contributed by atoms with Crippen LogP contribution in [0.3, 0.4) is 0 Å². The molecule has 0 aliphatic carbocycles. The lowest BCUT2D eigenvalue weighted by molar-refractivity contribution is -0.129. The van der Waals surface area contributed by atoms with E-state index in [1.165, 1.54) is 18.2 Å². The van der Waals surface area contributed by atoms with Crippen LogP contribution in [0.4, 0.5) is 4.39 Å². The lowest BCUT2D eigenvalue weighted by Crippen LogP contribution is -2.52. The highest BCUT2D eigenvalue weighted by atomic mass is 19.1. The molecule has 0 unspecified atom stereocenters. The molecular weight excluding hydrogens is 373 g/mol. The molecule has 1 saturated heterocycles. The maximum Gasteiger partial charge on any atom is 0.246 e. The highest BCUT2D eigenvalue weighted by Gasteiger charge is 2.43. The molecule has 2 aromatic carbocycles. The molecule has 1 spiro atoms. The normalized spacial score (nSPS) is 17.9. The van der Waals surface area contributed by atoms with Gasteiger partial charge in [-0.15, -0.1) is 0 Å². The van der Waals surface area contributed by atoms with Gasteiger partial charge in [0.05, 0.1) is 19.1 Å². The number of halogens is 1. The van der Waals surface area contributed by atoms with Crippen LogP contribution in [0, 0.1) is 5.82 Å². The minimum atomic E-state index is -0.559. The average molecular weight is 395 g/mol. The molecule has 0 radical (unpaired) electrons. The molecule has 2 heterocycles. The van der Waals surface area contributed by atoms with E-state index in [2.05, 4.69) is 0 Å². The number of piperidine rings is 1. The molecule has 0 bridgehead atoms. The molecule has 0 saturated carbocycles. The van der Waals surface area contributed by atoms with Gasteiger partial charge in [-0.25, -0.2) is 4.39 Å². The van der Waals surface area contributed by atoms with Crippen molar-refractivity contribution in [3.8, 4) is 11.5 Å². The molecule has 2 aliphatic rings. The fraction of sp³-hybridized carbons (Fsp3) is 0.304. The molecule has 6 heteroatoms. The van der Waals surface area contributed by atoms with Gasteiger partial charge >= 0.3 is 0 Å². The van der Waals surface area contributed by atoms with E-state index in [0.29, 0.717) is 49.4 Å². The van der Waals surface area contributed by atoms with E-state index < -0.39 is 5.60 Å². The Hall–Kier alpha value is -3.15. The van der Waals surface area contributed by atoms with Gasteiger partial charge in [-0.2, -0.15) is 0 Å². The van der Waals surface area contributed by atoms with Crippen LogP contribution in [0.2, 0.25) is 0 Å². The van der Waals surface area contributed by atoms with E-state index in [4.69, 9.17) is 9.47 Å². The lowest BCUT2D eigenvalue weighted by Gasteiger charge is -2.43. The zero-order valence-electron chi connectivity index (χ0n) is 16.2. The Bertz CT molecular complexity index is 959. The van der Waals surface area contributed by atoms with Crippen LogP contribution in [-0.2, 0) is 4.79 Å². The van der Waals surface area contributed by atoms with E-state index in [-0.39, 0.29) is 17.5 Å². The summed E-state index contributed by atoms with van der Waals surface area (Å²) in [6.07, 6.45) is 4.68. The largest absolute Gasteiger partial charge is 0.497 e. The summed E-state index contributed by atoms with van der Waals surface area (Å²) in [5.74, 6) is 0.845. The highest BCUT2D eigenvalue weighted by molar-refractivity contribution is 6.00. The number of ketones is 1. The summed E-state index contributed by atoms with van der Waals surface area (Å²) in [5.41, 5.74) is 0.757. The summed E-state index contributed by atoms with van der Waals surface area (Å²) in [6, 6.07) is 11.2. The number of rotatable bonds is 3. The summed E-state index contributed by atoms with van der Waals surface area (Å²) in [4.78, 5) is 26.9. The number of hydrogen-bond acceptors (Lipinski definition) is 4. The van der Waals surface area contributed by atoms with Crippen LogP contribution in [0.5, 0.6) is 11.5 Å². The zero-order valence-corrected chi connectivity index (χ0v) is 16.2. The average Bonchev–Trinajstić information content (AvgIpc) is 2.73. The van der Waals surface area contributed by atoms with Crippen LogP contribution in [0.15, 0.2) is 48.5 Å². The van der Waals surface area contributed by atoms with E-state index in [1.54, 1.807) is 48.4 Å². The van der Waals surface area contributed by atoms with Gasteiger partial charge in [-0.1, -0.05) is 12.1 Å². The molecule has 1 amide bonds. The van der Waals surface area contributed by atoms with Crippen molar-refractivity contribution in [1.29, 1.82) is 0 Å². The maximum absolute atomic E-state index is 13.0. The number of carbonyl (C=O) groups excluding carboxylic acids is 2. The van der Waals surface area contributed by atoms with E-state index in [0.717, 1.165) is 5.56 Å². The zero-order chi connectivity index (χ0) is 20.4. The molecule has 1 fully saturated rings. The first-order chi connectivity index (χ1) is 14.0. The Morgan fingerprint density at radius 3 is 2.59 bits per heavy atom. The molecule has 0 aromatic heterocycles. The van der Waals surface area contributed by atoms with E-state index in [1.807, 2.05) is 0 Å². The monoisotopic (exact) mass is 395 g/mol. The Labute approximate surface area is 168 Å². The topological polar surface area (TPSA) is 55.8 Å². The molecule has 29 heavy (non-hydrogen) atoms. The maximum atomic E-state index is 13.0. The molecule has 150 valence electrons. The third-order valence-corrected chi connectivity index (χ3v) is 5.57. The lowest BCUT2D eigenvalue weighted by atomic mass is 9.82. The van der Waals surface area contributed by atoms with Gasteiger partial charge in [0.2, 0.25) is 5.91 Å². The second-order valence-corrected chi connectivity index (χ2v) is 7.46. The van der Waals surface area contributed by atoms with Gasteiger partial charge in [-0.05, 0) is 42.0 Å². The van der Waals surface area contributed by atoms with Gasteiger partial charge in [0.15, 0.2) is 5.78 Å². The van der Waals surface area contributed by atoms with Gasteiger partial charge in [0, 0.05) is 32.0 Å². The molecule has 5 nitrogen and oxygen atoms in total. The minimum absolute atomic E-state index is 0.0427. The van der Waals surface area contributed by atoms with Crippen molar-refractivity contribution in [3.05, 3.63) is 65.5 Å². The number of amides is 1. The number of ether oxygens (including phenoxy) is 2.